The van der Waals surface area contributed by atoms with Gasteiger partial charge in [0.15, 0.2) is 0 Å². The number of nitriles is 1. The van der Waals surface area contributed by atoms with Crippen LogP contribution < -0.4 is 11.3 Å². The van der Waals surface area contributed by atoms with E-state index >= 15 is 0 Å². The van der Waals surface area contributed by atoms with Gasteiger partial charge >= 0.3 is 5.97 Å². The molecule has 66 valence electrons. The van der Waals surface area contributed by atoms with Gasteiger partial charge in [0.1, 0.15) is 17.3 Å². The van der Waals surface area contributed by atoms with Crippen LogP contribution >= 0.6 is 0 Å². The van der Waals surface area contributed by atoms with E-state index in [4.69, 9.17) is 16.1 Å². The van der Waals surface area contributed by atoms with Crippen molar-refractivity contribution in [1.82, 2.24) is 4.98 Å². The van der Waals surface area contributed by atoms with Crippen LogP contribution in [-0.4, -0.2) is 16.1 Å². The highest BCUT2D eigenvalue weighted by molar-refractivity contribution is 5.95. The molecule has 4 N–H and O–H groups in total. The average Bonchev–Trinajstić information content (AvgIpc) is 2.08. The molecule has 0 aromatic carbocycles. The number of nitrogens with two attached hydrogens (primary N) is 1. The number of nitrogens with one attached hydrogen (secondary N) is 1. The van der Waals surface area contributed by atoms with Crippen molar-refractivity contribution in [1.29, 1.82) is 5.26 Å². The first-order valence-corrected chi connectivity index (χ1v) is 3.22. The summed E-state index contributed by atoms with van der Waals surface area (Å²) in [5.41, 5.74) is 3.41. The lowest BCUT2D eigenvalue weighted by Crippen LogP contribution is -2.18. The number of hydrogen-bond acceptors (Lipinski definition) is 4. The van der Waals surface area contributed by atoms with Crippen molar-refractivity contribution in [2.24, 2.45) is 0 Å². The third kappa shape index (κ3) is 1.35. The monoisotopic (exact) mass is 179 g/mol. The number of aromatic nitrogens is 1. The highest BCUT2D eigenvalue weighted by atomic mass is 16.4. The van der Waals surface area contributed by atoms with E-state index in [0.29, 0.717) is 0 Å². The molecule has 0 radical (unpaired) electrons. The van der Waals surface area contributed by atoms with Gasteiger partial charge in [0.25, 0.3) is 5.56 Å². The molecule has 0 aliphatic heterocycles. The molecule has 1 heterocycles. The lowest BCUT2D eigenvalue weighted by atomic mass is 10.1. The fraction of sp³-hybridized carbons (Fsp3) is 0. The molecule has 1 rings (SSSR count). The summed E-state index contributed by atoms with van der Waals surface area (Å²) >= 11 is 0. The number of nitrogens with zero attached hydrogens (tertiary/aromatic N) is 1. The molecule has 6 heteroatoms. The molecule has 0 atom stereocenters. The van der Waals surface area contributed by atoms with Crippen molar-refractivity contribution in [2.75, 3.05) is 5.73 Å². The molecule has 0 saturated carbocycles. The molecule has 1 aromatic heterocycles. The zero-order chi connectivity index (χ0) is 10.0. The maximum atomic E-state index is 10.9. The maximum absolute atomic E-state index is 10.9. The molecule has 1 aromatic rings. The minimum absolute atomic E-state index is 0.162. The van der Waals surface area contributed by atoms with E-state index in [1.807, 2.05) is 0 Å². The number of pyridine rings is 1. The van der Waals surface area contributed by atoms with Gasteiger partial charge in [0.2, 0.25) is 0 Å². The smallest absolute Gasteiger partial charge is 0.339 e. The number of hydrogen-bond donors (Lipinski definition) is 3. The van der Waals surface area contributed by atoms with Crippen LogP contribution in [0.4, 0.5) is 5.69 Å². The lowest BCUT2D eigenvalue weighted by molar-refractivity contribution is 0.0697. The first-order chi connectivity index (χ1) is 6.07. The van der Waals surface area contributed by atoms with Crippen molar-refractivity contribution in [2.45, 2.75) is 0 Å². The van der Waals surface area contributed by atoms with Gasteiger partial charge in [-0.15, -0.1) is 0 Å². The molecular weight excluding hydrogens is 174 g/mol. The van der Waals surface area contributed by atoms with Gasteiger partial charge in [-0.05, 0) is 0 Å². The van der Waals surface area contributed by atoms with Crippen LogP contribution in [0.2, 0.25) is 0 Å². The Kier molecular flexibility index (Phi) is 2.02. The summed E-state index contributed by atoms with van der Waals surface area (Å²) < 4.78 is 0. The van der Waals surface area contributed by atoms with E-state index in [-0.39, 0.29) is 5.56 Å². The summed E-state index contributed by atoms with van der Waals surface area (Å²) in [4.78, 5) is 23.6. The predicted octanol–water partition coefficient (Wildman–Crippen LogP) is -0.473. The van der Waals surface area contributed by atoms with Gasteiger partial charge in [-0.1, -0.05) is 0 Å². The first kappa shape index (κ1) is 8.80. The van der Waals surface area contributed by atoms with E-state index in [2.05, 4.69) is 4.98 Å². The minimum atomic E-state index is -1.39. The molecule has 0 unspecified atom stereocenters. The second-order valence-corrected chi connectivity index (χ2v) is 2.24. The standard InChI is InChI=1S/C7H5N3O3/c8-1-3-2-10-6(11)5(9)4(3)7(12)13/h2H,9H2,(H,10,11)(H,12,13). The van der Waals surface area contributed by atoms with Gasteiger partial charge in [-0.3, -0.25) is 4.79 Å². The van der Waals surface area contributed by atoms with Gasteiger partial charge in [0.05, 0.1) is 5.56 Å². The fourth-order valence-electron chi connectivity index (χ4n) is 0.865. The minimum Gasteiger partial charge on any atom is -0.478 e. The molecule has 0 spiro atoms. The van der Waals surface area contributed by atoms with Crippen molar-refractivity contribution in [3.8, 4) is 6.07 Å². The third-order valence-electron chi connectivity index (χ3n) is 1.47. The summed E-state index contributed by atoms with van der Waals surface area (Å²) in [6, 6.07) is 1.61. The zero-order valence-electron chi connectivity index (χ0n) is 6.37. The highest BCUT2D eigenvalue weighted by Crippen LogP contribution is 2.10. The Hall–Kier alpha value is -2.29. The van der Waals surface area contributed by atoms with Gasteiger partial charge in [0, 0.05) is 6.20 Å². The number of aromatic amines is 1. The van der Waals surface area contributed by atoms with Crippen molar-refractivity contribution < 1.29 is 9.90 Å². The first-order valence-electron chi connectivity index (χ1n) is 3.22. The van der Waals surface area contributed by atoms with Crippen molar-refractivity contribution >= 4 is 11.7 Å². The number of rotatable bonds is 1. The number of carboxylic acid groups (broad SMARTS) is 1. The summed E-state index contributed by atoms with van der Waals surface area (Å²) in [7, 11) is 0. The Morgan fingerprint density at radius 2 is 2.31 bits per heavy atom. The summed E-state index contributed by atoms with van der Waals surface area (Å²) in [5, 5.41) is 17.1. The second-order valence-electron chi connectivity index (χ2n) is 2.24. The van der Waals surface area contributed by atoms with Gasteiger partial charge in [-0.25, -0.2) is 4.79 Å². The molecule has 0 saturated heterocycles. The highest BCUT2D eigenvalue weighted by Gasteiger charge is 2.16. The number of carboxylic acids is 1. The van der Waals surface area contributed by atoms with Gasteiger partial charge in [-0.2, -0.15) is 5.26 Å². The molecule has 0 aliphatic carbocycles. The molecule has 13 heavy (non-hydrogen) atoms. The summed E-state index contributed by atoms with van der Waals surface area (Å²) in [5.74, 6) is -1.39. The molecule has 6 nitrogen and oxygen atoms in total. The largest absolute Gasteiger partial charge is 0.478 e. The Bertz CT molecular complexity index is 455. The SMILES string of the molecule is N#Cc1c[nH]c(=O)c(N)c1C(=O)O. The van der Waals surface area contributed by atoms with Crippen LogP contribution in [0, 0.1) is 11.3 Å². The fourth-order valence-corrected chi connectivity index (χ4v) is 0.865. The van der Waals surface area contributed by atoms with Crippen LogP contribution in [0.1, 0.15) is 15.9 Å². The van der Waals surface area contributed by atoms with E-state index in [1.54, 1.807) is 6.07 Å². The molecule has 0 aliphatic rings. The Morgan fingerprint density at radius 1 is 1.69 bits per heavy atom. The van der Waals surface area contributed by atoms with E-state index in [0.717, 1.165) is 6.20 Å². The van der Waals surface area contributed by atoms with Crippen LogP contribution in [0.3, 0.4) is 0 Å². The summed E-state index contributed by atoms with van der Waals surface area (Å²) in [6.45, 7) is 0. The summed E-state index contributed by atoms with van der Waals surface area (Å²) in [6.07, 6.45) is 1.02. The van der Waals surface area contributed by atoms with Crippen molar-refractivity contribution in [3.63, 3.8) is 0 Å². The number of H-pyrrole nitrogens is 1. The molecule has 0 bridgehead atoms. The van der Waals surface area contributed by atoms with Crippen LogP contribution in [0.25, 0.3) is 0 Å². The number of aromatic carboxylic acids is 1. The molecule has 0 fully saturated rings. The van der Waals surface area contributed by atoms with Crippen molar-refractivity contribution in [3.05, 3.63) is 27.7 Å². The number of anilines is 1. The quantitative estimate of drug-likeness (QED) is 0.538. The average molecular weight is 179 g/mol. The molecular formula is C7H5N3O3. The van der Waals surface area contributed by atoms with Crippen LogP contribution in [0.15, 0.2) is 11.0 Å². The Morgan fingerprint density at radius 3 is 2.77 bits per heavy atom. The predicted molar refractivity (Wildman–Crippen MR) is 43.1 cm³/mol. The second kappa shape index (κ2) is 2.98. The number of nitrogen functional groups attached to an aromatic ring is 1. The maximum Gasteiger partial charge on any atom is 0.339 e. The zero-order valence-corrected chi connectivity index (χ0v) is 6.37. The normalized spacial score (nSPS) is 9.15. The van der Waals surface area contributed by atoms with E-state index in [1.165, 1.54) is 0 Å². The topological polar surface area (TPSA) is 120 Å². The van der Waals surface area contributed by atoms with Gasteiger partial charge < -0.3 is 15.8 Å². The number of carbonyl (C=O) groups is 1. The lowest BCUT2D eigenvalue weighted by Gasteiger charge is -1.99. The van der Waals surface area contributed by atoms with Crippen LogP contribution in [-0.2, 0) is 0 Å². The van der Waals surface area contributed by atoms with E-state index < -0.39 is 22.8 Å². The Balaban J connectivity index is 3.63. The van der Waals surface area contributed by atoms with Crippen LogP contribution in [0.5, 0.6) is 0 Å². The Labute approximate surface area is 72.2 Å². The molecule has 0 amide bonds. The third-order valence-corrected chi connectivity index (χ3v) is 1.47. The van der Waals surface area contributed by atoms with E-state index in [9.17, 15) is 9.59 Å².